The van der Waals surface area contributed by atoms with Crippen molar-refractivity contribution in [1.29, 1.82) is 0 Å². The van der Waals surface area contributed by atoms with Crippen LogP contribution in [0.15, 0.2) is 57.9 Å². The molecule has 2 aromatic rings. The number of hydrogen-bond acceptors (Lipinski definition) is 4. The van der Waals surface area contributed by atoms with E-state index in [0.717, 1.165) is 0 Å². The van der Waals surface area contributed by atoms with Crippen molar-refractivity contribution in [3.63, 3.8) is 0 Å². The van der Waals surface area contributed by atoms with Gasteiger partial charge in [-0.3, -0.25) is 4.31 Å². The first-order valence-electron chi connectivity index (χ1n) is 7.42. The molecule has 130 valence electrons. The lowest BCUT2D eigenvalue weighted by Crippen LogP contribution is -2.37. The second-order valence-electron chi connectivity index (χ2n) is 5.51. The number of likely N-dealkylation sites (N-methyl/N-ethyl adjacent to an activating group) is 1. The Morgan fingerprint density at radius 1 is 1.04 bits per heavy atom. The monoisotopic (exact) mass is 412 g/mol. The van der Waals surface area contributed by atoms with Crippen LogP contribution >= 0.6 is 15.9 Å². The van der Waals surface area contributed by atoms with E-state index in [0.29, 0.717) is 29.0 Å². The van der Waals surface area contributed by atoms with Gasteiger partial charge < -0.3 is 9.64 Å². The van der Waals surface area contributed by atoms with E-state index in [-0.39, 0.29) is 4.90 Å². The summed E-state index contributed by atoms with van der Waals surface area (Å²) in [5.74, 6) is 0.323. The molecule has 0 unspecified atom stereocenters. The van der Waals surface area contributed by atoms with E-state index in [2.05, 4.69) is 15.9 Å². The van der Waals surface area contributed by atoms with E-state index in [9.17, 15) is 8.42 Å². The molecule has 0 heterocycles. The molecular weight excluding hydrogens is 392 g/mol. The largest absolute Gasteiger partial charge is 0.495 e. The summed E-state index contributed by atoms with van der Waals surface area (Å²) in [5.41, 5.74) is 0.626. The van der Waals surface area contributed by atoms with E-state index >= 15 is 0 Å². The Balaban J connectivity index is 2.53. The van der Waals surface area contributed by atoms with Gasteiger partial charge in [0.1, 0.15) is 10.6 Å². The van der Waals surface area contributed by atoms with Gasteiger partial charge in [0.05, 0.1) is 12.8 Å². The summed E-state index contributed by atoms with van der Waals surface area (Å²) in [4.78, 5) is 2.09. The lowest BCUT2D eigenvalue weighted by Gasteiger charge is -2.26. The van der Waals surface area contributed by atoms with Crippen LogP contribution in [-0.2, 0) is 10.0 Å². The Labute approximate surface area is 152 Å². The average molecular weight is 413 g/mol. The van der Waals surface area contributed by atoms with Gasteiger partial charge in [-0.05, 0) is 44.4 Å². The molecule has 0 aliphatic heterocycles. The van der Waals surface area contributed by atoms with E-state index in [1.54, 1.807) is 30.3 Å². The Bertz CT molecular complexity index is 780. The molecule has 2 aromatic carbocycles. The highest BCUT2D eigenvalue weighted by atomic mass is 79.9. The van der Waals surface area contributed by atoms with Crippen molar-refractivity contribution in [3.05, 3.63) is 53.0 Å². The number of halogens is 1. The van der Waals surface area contributed by atoms with Crippen LogP contribution in [-0.4, -0.2) is 47.6 Å². The Morgan fingerprint density at radius 3 is 2.29 bits per heavy atom. The van der Waals surface area contributed by atoms with Gasteiger partial charge in [-0.2, -0.15) is 0 Å². The summed E-state index contributed by atoms with van der Waals surface area (Å²) >= 11 is 3.34. The van der Waals surface area contributed by atoms with Crippen LogP contribution < -0.4 is 9.04 Å². The number of benzene rings is 2. The van der Waals surface area contributed by atoms with Crippen molar-refractivity contribution < 1.29 is 13.2 Å². The SMILES string of the molecule is COc1ccc(Br)cc1S(=O)(=O)N(CCN(C)C)c1ccccc1. The van der Waals surface area contributed by atoms with Crippen molar-refractivity contribution >= 4 is 31.6 Å². The van der Waals surface area contributed by atoms with Crippen molar-refractivity contribution in [2.45, 2.75) is 4.90 Å². The Hall–Kier alpha value is -1.57. The molecule has 0 aliphatic carbocycles. The molecule has 0 spiro atoms. The predicted molar refractivity (Wildman–Crippen MR) is 100 cm³/mol. The molecule has 0 aliphatic rings. The molecule has 0 saturated heterocycles. The van der Waals surface area contributed by atoms with Gasteiger partial charge in [0.15, 0.2) is 0 Å². The zero-order valence-electron chi connectivity index (χ0n) is 13.9. The quantitative estimate of drug-likeness (QED) is 0.700. The maximum absolute atomic E-state index is 13.3. The zero-order chi connectivity index (χ0) is 17.7. The maximum Gasteiger partial charge on any atom is 0.268 e. The third-order valence-corrected chi connectivity index (χ3v) is 5.83. The van der Waals surface area contributed by atoms with Gasteiger partial charge in [-0.25, -0.2) is 8.42 Å². The lowest BCUT2D eigenvalue weighted by atomic mass is 10.3. The fraction of sp³-hybridized carbons (Fsp3) is 0.294. The number of ether oxygens (including phenoxy) is 1. The molecule has 7 heteroatoms. The predicted octanol–water partition coefficient (Wildman–Crippen LogP) is 3.21. The van der Waals surface area contributed by atoms with Gasteiger partial charge in [-0.1, -0.05) is 34.1 Å². The molecule has 0 N–H and O–H groups in total. The summed E-state index contributed by atoms with van der Waals surface area (Å²) < 4.78 is 33.9. The minimum atomic E-state index is -3.76. The number of rotatable bonds is 7. The summed E-state index contributed by atoms with van der Waals surface area (Å²) in [6, 6.07) is 14.1. The van der Waals surface area contributed by atoms with Gasteiger partial charge in [0, 0.05) is 17.6 Å². The van der Waals surface area contributed by atoms with Crippen LogP contribution in [0.4, 0.5) is 5.69 Å². The topological polar surface area (TPSA) is 49.9 Å². The van der Waals surface area contributed by atoms with E-state index in [1.165, 1.54) is 11.4 Å². The second kappa shape index (κ2) is 8.00. The Kier molecular flexibility index (Phi) is 6.26. The van der Waals surface area contributed by atoms with Crippen LogP contribution in [0.5, 0.6) is 5.75 Å². The molecule has 5 nitrogen and oxygen atoms in total. The molecule has 0 amide bonds. The number of hydrogen-bond donors (Lipinski definition) is 0. The van der Waals surface area contributed by atoms with Crippen molar-refractivity contribution in [2.75, 3.05) is 38.6 Å². The normalized spacial score (nSPS) is 11.5. The summed E-state index contributed by atoms with van der Waals surface area (Å²) in [7, 11) is 1.53. The van der Waals surface area contributed by atoms with Gasteiger partial charge in [-0.15, -0.1) is 0 Å². The first kappa shape index (κ1) is 18.8. The third-order valence-electron chi connectivity index (χ3n) is 3.49. The highest BCUT2D eigenvalue weighted by Crippen LogP contribution is 2.32. The van der Waals surface area contributed by atoms with Crippen molar-refractivity contribution in [2.24, 2.45) is 0 Å². The molecule has 0 fully saturated rings. The first-order valence-corrected chi connectivity index (χ1v) is 9.65. The second-order valence-corrected chi connectivity index (χ2v) is 8.26. The summed E-state index contributed by atoms with van der Waals surface area (Å²) in [6.07, 6.45) is 0. The fourth-order valence-electron chi connectivity index (χ4n) is 2.24. The molecular formula is C17H21BrN2O3S. The lowest BCUT2D eigenvalue weighted by molar-refractivity contribution is 0.401. The van der Waals surface area contributed by atoms with Gasteiger partial charge >= 0.3 is 0 Å². The van der Waals surface area contributed by atoms with E-state index in [1.807, 2.05) is 37.2 Å². The number of methoxy groups -OCH3 is 1. The minimum absolute atomic E-state index is 0.141. The van der Waals surface area contributed by atoms with Crippen LogP contribution in [0.3, 0.4) is 0 Å². The Morgan fingerprint density at radius 2 is 1.71 bits per heavy atom. The average Bonchev–Trinajstić information content (AvgIpc) is 2.55. The number of anilines is 1. The van der Waals surface area contributed by atoms with Crippen LogP contribution in [0.2, 0.25) is 0 Å². The maximum atomic E-state index is 13.3. The minimum Gasteiger partial charge on any atom is -0.495 e. The molecule has 0 saturated carbocycles. The highest BCUT2D eigenvalue weighted by Gasteiger charge is 2.28. The fourth-order valence-corrected chi connectivity index (χ4v) is 4.40. The van der Waals surface area contributed by atoms with Crippen LogP contribution in [0.25, 0.3) is 0 Å². The number of sulfonamides is 1. The summed E-state index contributed by atoms with van der Waals surface area (Å²) in [6.45, 7) is 0.944. The highest BCUT2D eigenvalue weighted by molar-refractivity contribution is 9.10. The standard InChI is InChI=1S/C17H21BrN2O3S/c1-19(2)11-12-20(15-7-5-4-6-8-15)24(21,22)17-13-14(18)9-10-16(17)23-3/h4-10,13H,11-12H2,1-3H3. The molecule has 0 bridgehead atoms. The summed E-state index contributed by atoms with van der Waals surface area (Å²) in [5, 5.41) is 0. The van der Waals surface area contributed by atoms with Gasteiger partial charge in [0.2, 0.25) is 0 Å². The van der Waals surface area contributed by atoms with Crippen molar-refractivity contribution in [3.8, 4) is 5.75 Å². The van der Waals surface area contributed by atoms with Crippen LogP contribution in [0.1, 0.15) is 0 Å². The van der Waals surface area contributed by atoms with Crippen LogP contribution in [0, 0.1) is 0 Å². The van der Waals surface area contributed by atoms with Gasteiger partial charge in [0.25, 0.3) is 10.0 Å². The smallest absolute Gasteiger partial charge is 0.268 e. The molecule has 24 heavy (non-hydrogen) atoms. The van der Waals surface area contributed by atoms with E-state index < -0.39 is 10.0 Å². The number of nitrogens with zero attached hydrogens (tertiary/aromatic N) is 2. The molecule has 0 radical (unpaired) electrons. The van der Waals surface area contributed by atoms with E-state index in [4.69, 9.17) is 4.74 Å². The zero-order valence-corrected chi connectivity index (χ0v) is 16.3. The molecule has 0 aromatic heterocycles. The number of para-hydroxylation sites is 1. The third kappa shape index (κ3) is 4.28. The molecule has 2 rings (SSSR count). The first-order chi connectivity index (χ1) is 11.4. The molecule has 0 atom stereocenters. The van der Waals surface area contributed by atoms with Crippen molar-refractivity contribution in [1.82, 2.24) is 4.90 Å².